The highest BCUT2D eigenvalue weighted by molar-refractivity contribution is 7.22. The molecule has 1 amide bonds. The number of carbonyl (C=O) groups is 1. The highest BCUT2D eigenvalue weighted by atomic mass is 32.1. The van der Waals surface area contributed by atoms with Gasteiger partial charge in [-0.15, -0.1) is 0 Å². The summed E-state index contributed by atoms with van der Waals surface area (Å²) in [7, 11) is 0. The SMILES string of the molecule is Cc1cc(C)c2nc(N3CC(C(=O)N4CCCC4)C3)sc2c1. The van der Waals surface area contributed by atoms with Crippen LogP contribution in [0.25, 0.3) is 10.2 Å². The Morgan fingerprint density at radius 2 is 1.95 bits per heavy atom. The van der Waals surface area contributed by atoms with E-state index in [1.165, 1.54) is 28.7 Å². The van der Waals surface area contributed by atoms with Crippen molar-refractivity contribution >= 4 is 32.6 Å². The van der Waals surface area contributed by atoms with Gasteiger partial charge in [-0.2, -0.15) is 0 Å². The summed E-state index contributed by atoms with van der Waals surface area (Å²) < 4.78 is 1.25. The van der Waals surface area contributed by atoms with Crippen LogP contribution in [0.4, 0.5) is 5.13 Å². The normalized spacial score (nSPS) is 19.0. The summed E-state index contributed by atoms with van der Waals surface area (Å²) in [6.45, 7) is 7.80. The molecule has 0 bridgehead atoms. The van der Waals surface area contributed by atoms with Crippen LogP contribution in [0.3, 0.4) is 0 Å². The largest absolute Gasteiger partial charge is 0.346 e. The molecule has 2 aliphatic heterocycles. The summed E-state index contributed by atoms with van der Waals surface area (Å²) >= 11 is 1.75. The number of rotatable bonds is 2. The van der Waals surface area contributed by atoms with Crippen LogP contribution in [0.5, 0.6) is 0 Å². The summed E-state index contributed by atoms with van der Waals surface area (Å²) in [6, 6.07) is 4.39. The monoisotopic (exact) mass is 315 g/mol. The van der Waals surface area contributed by atoms with Crippen LogP contribution < -0.4 is 4.90 Å². The Morgan fingerprint density at radius 1 is 1.23 bits per heavy atom. The predicted octanol–water partition coefficient (Wildman–Crippen LogP) is 2.97. The van der Waals surface area contributed by atoms with E-state index >= 15 is 0 Å². The van der Waals surface area contributed by atoms with E-state index in [4.69, 9.17) is 4.98 Å². The molecule has 4 rings (SSSR count). The summed E-state index contributed by atoms with van der Waals surface area (Å²) in [5.41, 5.74) is 3.63. The lowest BCUT2D eigenvalue weighted by molar-refractivity contribution is -0.135. The van der Waals surface area contributed by atoms with Gasteiger partial charge in [-0.25, -0.2) is 4.98 Å². The van der Waals surface area contributed by atoms with Crippen LogP contribution in [-0.2, 0) is 4.79 Å². The topological polar surface area (TPSA) is 36.4 Å². The van der Waals surface area contributed by atoms with E-state index < -0.39 is 0 Å². The molecular formula is C17H21N3OS. The zero-order valence-corrected chi connectivity index (χ0v) is 13.9. The fraction of sp³-hybridized carbons (Fsp3) is 0.529. The minimum absolute atomic E-state index is 0.174. The molecule has 2 saturated heterocycles. The van der Waals surface area contributed by atoms with E-state index in [9.17, 15) is 4.79 Å². The number of hydrogen-bond donors (Lipinski definition) is 0. The van der Waals surface area contributed by atoms with Crippen LogP contribution in [0.1, 0.15) is 24.0 Å². The van der Waals surface area contributed by atoms with Gasteiger partial charge in [-0.1, -0.05) is 17.4 Å². The van der Waals surface area contributed by atoms with Gasteiger partial charge in [0.2, 0.25) is 5.91 Å². The predicted molar refractivity (Wildman–Crippen MR) is 90.6 cm³/mol. The van der Waals surface area contributed by atoms with Crippen LogP contribution in [-0.4, -0.2) is 42.0 Å². The van der Waals surface area contributed by atoms with Crippen molar-refractivity contribution in [2.45, 2.75) is 26.7 Å². The highest BCUT2D eigenvalue weighted by Crippen LogP contribution is 2.35. The third kappa shape index (κ3) is 2.28. The number of likely N-dealkylation sites (tertiary alicyclic amines) is 1. The third-order valence-corrected chi connectivity index (χ3v) is 5.80. The number of thiazole rings is 1. The first-order chi connectivity index (χ1) is 10.6. The van der Waals surface area contributed by atoms with Crippen LogP contribution in [0, 0.1) is 19.8 Å². The summed E-state index contributed by atoms with van der Waals surface area (Å²) in [5, 5.41) is 1.06. The van der Waals surface area contributed by atoms with Gasteiger partial charge in [-0.3, -0.25) is 4.79 Å². The average Bonchev–Trinajstić information content (AvgIpc) is 3.05. The first-order valence-corrected chi connectivity index (χ1v) is 8.85. The fourth-order valence-corrected chi connectivity index (χ4v) is 4.64. The zero-order chi connectivity index (χ0) is 15.3. The maximum absolute atomic E-state index is 12.4. The van der Waals surface area contributed by atoms with Gasteiger partial charge in [0.25, 0.3) is 0 Å². The van der Waals surface area contributed by atoms with E-state index in [0.29, 0.717) is 5.91 Å². The molecule has 1 aromatic carbocycles. The smallest absolute Gasteiger partial charge is 0.229 e. The first kappa shape index (κ1) is 14.0. The van der Waals surface area contributed by atoms with Crippen LogP contribution in [0.2, 0.25) is 0 Å². The first-order valence-electron chi connectivity index (χ1n) is 8.03. The van der Waals surface area contributed by atoms with Crippen molar-refractivity contribution in [3.05, 3.63) is 23.3 Å². The highest BCUT2D eigenvalue weighted by Gasteiger charge is 2.37. The van der Waals surface area contributed by atoms with Crippen molar-refractivity contribution in [2.24, 2.45) is 5.92 Å². The Hall–Kier alpha value is -1.62. The number of aromatic nitrogens is 1. The third-order valence-electron chi connectivity index (χ3n) is 4.74. The van der Waals surface area contributed by atoms with Crippen molar-refractivity contribution in [3.8, 4) is 0 Å². The zero-order valence-electron chi connectivity index (χ0n) is 13.1. The number of nitrogens with zero attached hydrogens (tertiary/aromatic N) is 3. The molecule has 3 heterocycles. The van der Waals surface area contributed by atoms with Crippen molar-refractivity contribution in [3.63, 3.8) is 0 Å². The van der Waals surface area contributed by atoms with Gasteiger partial charge in [0.05, 0.1) is 16.1 Å². The Bertz CT molecular complexity index is 727. The molecule has 0 N–H and O–H groups in total. The Morgan fingerprint density at radius 3 is 2.68 bits per heavy atom. The number of carbonyl (C=O) groups excluding carboxylic acids is 1. The van der Waals surface area contributed by atoms with E-state index in [0.717, 1.165) is 36.8 Å². The molecule has 22 heavy (non-hydrogen) atoms. The summed E-state index contributed by atoms with van der Waals surface area (Å²) in [4.78, 5) is 21.4. The molecule has 0 radical (unpaired) electrons. The molecule has 0 saturated carbocycles. The molecule has 2 aliphatic rings. The number of hydrogen-bond acceptors (Lipinski definition) is 4. The molecule has 0 unspecified atom stereocenters. The van der Waals surface area contributed by atoms with Gasteiger partial charge < -0.3 is 9.80 Å². The van der Waals surface area contributed by atoms with E-state index in [-0.39, 0.29) is 5.92 Å². The van der Waals surface area contributed by atoms with Gasteiger partial charge in [0, 0.05) is 26.2 Å². The lowest BCUT2D eigenvalue weighted by atomic mass is 9.99. The summed E-state index contributed by atoms with van der Waals surface area (Å²) in [5.74, 6) is 0.523. The average molecular weight is 315 g/mol. The molecule has 4 nitrogen and oxygen atoms in total. The van der Waals surface area contributed by atoms with Gasteiger partial charge in [0.15, 0.2) is 5.13 Å². The lowest BCUT2D eigenvalue weighted by Crippen LogP contribution is -2.54. The number of fused-ring (bicyclic) bond motifs is 1. The lowest BCUT2D eigenvalue weighted by Gasteiger charge is -2.39. The Balaban J connectivity index is 1.48. The van der Waals surface area contributed by atoms with Crippen molar-refractivity contribution in [2.75, 3.05) is 31.1 Å². The number of benzene rings is 1. The maximum Gasteiger partial charge on any atom is 0.229 e. The van der Waals surface area contributed by atoms with E-state index in [1.807, 2.05) is 4.90 Å². The molecular weight excluding hydrogens is 294 g/mol. The van der Waals surface area contributed by atoms with Gasteiger partial charge in [0.1, 0.15) is 0 Å². The standard InChI is InChI=1S/C17H21N3OS/c1-11-7-12(2)15-14(8-11)22-17(18-15)20-9-13(10-20)16(21)19-5-3-4-6-19/h7-8,13H,3-6,9-10H2,1-2H3. The second-order valence-electron chi connectivity index (χ2n) is 6.56. The van der Waals surface area contributed by atoms with Crippen molar-refractivity contribution < 1.29 is 4.79 Å². The number of amides is 1. The van der Waals surface area contributed by atoms with Gasteiger partial charge >= 0.3 is 0 Å². The van der Waals surface area contributed by atoms with Crippen molar-refractivity contribution in [1.82, 2.24) is 9.88 Å². The quantitative estimate of drug-likeness (QED) is 0.855. The molecule has 1 aromatic heterocycles. The fourth-order valence-electron chi connectivity index (χ4n) is 3.48. The molecule has 5 heteroatoms. The van der Waals surface area contributed by atoms with Gasteiger partial charge in [-0.05, 0) is 43.9 Å². The summed E-state index contributed by atoms with van der Waals surface area (Å²) in [6.07, 6.45) is 2.33. The second kappa shape index (κ2) is 5.23. The molecule has 116 valence electrons. The molecule has 0 aliphatic carbocycles. The molecule has 2 fully saturated rings. The molecule has 0 atom stereocenters. The second-order valence-corrected chi connectivity index (χ2v) is 7.57. The van der Waals surface area contributed by atoms with Crippen LogP contribution >= 0.6 is 11.3 Å². The molecule has 0 spiro atoms. The van der Waals surface area contributed by atoms with E-state index in [1.54, 1.807) is 11.3 Å². The van der Waals surface area contributed by atoms with Crippen LogP contribution in [0.15, 0.2) is 12.1 Å². The minimum Gasteiger partial charge on any atom is -0.346 e. The Kier molecular flexibility index (Phi) is 3.33. The number of anilines is 1. The minimum atomic E-state index is 0.174. The molecule has 2 aromatic rings. The maximum atomic E-state index is 12.4. The van der Waals surface area contributed by atoms with E-state index in [2.05, 4.69) is 30.9 Å². The van der Waals surface area contributed by atoms with Crippen molar-refractivity contribution in [1.29, 1.82) is 0 Å². The Labute approximate surface area is 134 Å². The number of aryl methyl sites for hydroxylation is 2.